The van der Waals surface area contributed by atoms with Crippen LogP contribution in [0.5, 0.6) is 0 Å². The van der Waals surface area contributed by atoms with Gasteiger partial charge in [-0.05, 0) is 38.9 Å². The lowest BCUT2D eigenvalue weighted by Gasteiger charge is -2.28. The summed E-state index contributed by atoms with van der Waals surface area (Å²) in [7, 11) is 1.79. The van der Waals surface area contributed by atoms with Gasteiger partial charge in [-0.2, -0.15) is 16.9 Å². The van der Waals surface area contributed by atoms with Gasteiger partial charge >= 0.3 is 5.97 Å². The average Bonchev–Trinajstić information content (AvgIpc) is 2.65. The lowest BCUT2D eigenvalue weighted by Crippen LogP contribution is -2.28. The van der Waals surface area contributed by atoms with Crippen LogP contribution in [0.4, 0.5) is 5.82 Å². The van der Waals surface area contributed by atoms with Gasteiger partial charge in [-0.25, -0.2) is 4.79 Å². The first kappa shape index (κ1) is 14.2. The topological polar surface area (TPSA) is 67.2 Å². The number of hydrogen-bond donors (Lipinski definition) is 2. The zero-order valence-corrected chi connectivity index (χ0v) is 12.5. The molecule has 0 amide bonds. The number of nitrogens with one attached hydrogen (secondary N) is 1. The third kappa shape index (κ3) is 3.05. The summed E-state index contributed by atoms with van der Waals surface area (Å²) in [6.07, 6.45) is 6.73. The number of aromatic carboxylic acids is 1. The fourth-order valence-electron chi connectivity index (χ4n) is 2.72. The van der Waals surface area contributed by atoms with E-state index in [0.29, 0.717) is 23.1 Å². The van der Waals surface area contributed by atoms with E-state index in [-0.39, 0.29) is 0 Å². The second-order valence-electron chi connectivity index (χ2n) is 5.09. The van der Waals surface area contributed by atoms with Crippen molar-refractivity contribution in [1.82, 2.24) is 9.78 Å². The Balaban J connectivity index is 2.09. The number of aromatic nitrogens is 2. The van der Waals surface area contributed by atoms with Crippen molar-refractivity contribution >= 4 is 23.5 Å². The molecule has 6 heteroatoms. The van der Waals surface area contributed by atoms with Gasteiger partial charge in [-0.15, -0.1) is 0 Å². The first-order chi connectivity index (χ1) is 9.02. The van der Waals surface area contributed by atoms with Crippen LogP contribution in [0.3, 0.4) is 0 Å². The summed E-state index contributed by atoms with van der Waals surface area (Å²) in [5.41, 5.74) is 0.866. The van der Waals surface area contributed by atoms with Crippen LogP contribution in [-0.2, 0) is 7.05 Å². The molecule has 19 heavy (non-hydrogen) atoms. The first-order valence-corrected chi connectivity index (χ1v) is 7.88. The molecule has 106 valence electrons. The molecule has 2 N–H and O–H groups in total. The summed E-state index contributed by atoms with van der Waals surface area (Å²) in [6, 6.07) is 0.358. The molecular weight excluding hydrogens is 262 g/mol. The summed E-state index contributed by atoms with van der Waals surface area (Å²) in [5, 5.41) is 17.6. The average molecular weight is 283 g/mol. The third-order valence-corrected chi connectivity index (χ3v) is 4.92. The molecule has 0 bridgehead atoms. The van der Waals surface area contributed by atoms with Crippen LogP contribution in [0, 0.1) is 6.92 Å². The standard InChI is InChI=1S/C13H21N3O2S/c1-8-11(13(17)18)12(16(2)15-8)14-9-4-6-10(19-3)7-5-9/h9-10,14H,4-7H2,1-3H3,(H,17,18). The van der Waals surface area contributed by atoms with Gasteiger partial charge in [0, 0.05) is 18.3 Å². The van der Waals surface area contributed by atoms with Crippen molar-refractivity contribution in [1.29, 1.82) is 0 Å². The Morgan fingerprint density at radius 1 is 1.42 bits per heavy atom. The van der Waals surface area contributed by atoms with E-state index in [9.17, 15) is 9.90 Å². The first-order valence-electron chi connectivity index (χ1n) is 6.59. The van der Waals surface area contributed by atoms with Crippen LogP contribution in [0.25, 0.3) is 0 Å². The van der Waals surface area contributed by atoms with E-state index >= 15 is 0 Å². The monoisotopic (exact) mass is 283 g/mol. The van der Waals surface area contributed by atoms with Gasteiger partial charge in [0.2, 0.25) is 0 Å². The van der Waals surface area contributed by atoms with Crippen molar-refractivity contribution in [3.8, 4) is 0 Å². The van der Waals surface area contributed by atoms with Crippen molar-refractivity contribution in [2.75, 3.05) is 11.6 Å². The maximum atomic E-state index is 11.3. The molecule has 5 nitrogen and oxygen atoms in total. The van der Waals surface area contributed by atoms with E-state index in [2.05, 4.69) is 16.7 Å². The Morgan fingerprint density at radius 2 is 2.05 bits per heavy atom. The molecule has 0 spiro atoms. The number of rotatable bonds is 4. The number of hydrogen-bond acceptors (Lipinski definition) is 4. The van der Waals surface area contributed by atoms with Crippen molar-refractivity contribution < 1.29 is 9.90 Å². The molecule has 1 aliphatic carbocycles. The largest absolute Gasteiger partial charge is 0.477 e. The number of thioether (sulfide) groups is 1. The quantitative estimate of drug-likeness (QED) is 0.888. The number of carbonyl (C=O) groups is 1. The number of aryl methyl sites for hydroxylation is 2. The Labute approximate surface area is 117 Å². The van der Waals surface area contributed by atoms with Gasteiger partial charge in [0.05, 0.1) is 5.69 Å². The number of nitrogens with zero attached hydrogens (tertiary/aromatic N) is 2. The maximum Gasteiger partial charge on any atom is 0.341 e. The SMILES string of the molecule is CSC1CCC(Nc2c(C(=O)O)c(C)nn2C)CC1. The Kier molecular flexibility index (Phi) is 4.39. The van der Waals surface area contributed by atoms with Gasteiger partial charge < -0.3 is 10.4 Å². The Morgan fingerprint density at radius 3 is 2.58 bits per heavy atom. The van der Waals surface area contributed by atoms with E-state index in [4.69, 9.17) is 0 Å². The second-order valence-corrected chi connectivity index (χ2v) is 6.23. The van der Waals surface area contributed by atoms with Gasteiger partial charge in [-0.1, -0.05) is 0 Å². The van der Waals surface area contributed by atoms with Gasteiger partial charge in [0.15, 0.2) is 0 Å². The van der Waals surface area contributed by atoms with Gasteiger partial charge in [-0.3, -0.25) is 4.68 Å². The number of carboxylic acids is 1. The fourth-order valence-corrected chi connectivity index (χ4v) is 3.46. The van der Waals surface area contributed by atoms with Crippen molar-refractivity contribution in [3.05, 3.63) is 11.3 Å². The molecule has 1 aliphatic rings. The van der Waals surface area contributed by atoms with Crippen LogP contribution < -0.4 is 5.32 Å². The van der Waals surface area contributed by atoms with Crippen LogP contribution >= 0.6 is 11.8 Å². The molecule has 0 aliphatic heterocycles. The Bertz CT molecular complexity index is 465. The predicted octanol–water partition coefficient (Wildman–Crippen LogP) is 2.51. The molecule has 1 saturated carbocycles. The highest BCUT2D eigenvalue weighted by atomic mass is 32.2. The van der Waals surface area contributed by atoms with Crippen molar-refractivity contribution in [2.24, 2.45) is 7.05 Å². The normalized spacial score (nSPS) is 23.3. The van der Waals surface area contributed by atoms with Crippen molar-refractivity contribution in [3.63, 3.8) is 0 Å². The highest BCUT2D eigenvalue weighted by Gasteiger charge is 2.25. The smallest absolute Gasteiger partial charge is 0.341 e. The molecule has 0 aromatic carbocycles. The van der Waals surface area contributed by atoms with Crippen LogP contribution in [0.2, 0.25) is 0 Å². The summed E-state index contributed by atoms with van der Waals surface area (Å²) >= 11 is 1.93. The van der Waals surface area contributed by atoms with Crippen LogP contribution in [0.1, 0.15) is 41.7 Å². The van der Waals surface area contributed by atoms with E-state index < -0.39 is 5.97 Å². The van der Waals surface area contributed by atoms with Crippen LogP contribution in [-0.4, -0.2) is 38.4 Å². The van der Waals surface area contributed by atoms with Gasteiger partial charge in [0.25, 0.3) is 0 Å². The van der Waals surface area contributed by atoms with Crippen molar-refractivity contribution in [2.45, 2.75) is 43.9 Å². The Hall–Kier alpha value is -1.17. The molecule has 0 atom stereocenters. The zero-order chi connectivity index (χ0) is 14.0. The fraction of sp³-hybridized carbons (Fsp3) is 0.692. The molecule has 2 rings (SSSR count). The molecule has 1 heterocycles. The molecule has 1 aromatic rings. The van der Waals surface area contributed by atoms with E-state index in [1.807, 2.05) is 11.8 Å². The minimum atomic E-state index is -0.911. The maximum absolute atomic E-state index is 11.3. The molecular formula is C13H21N3O2S. The molecule has 1 aromatic heterocycles. The summed E-state index contributed by atoms with van der Waals surface area (Å²) < 4.78 is 1.64. The molecule has 0 saturated heterocycles. The lowest BCUT2D eigenvalue weighted by atomic mass is 9.95. The van der Waals surface area contributed by atoms with Gasteiger partial charge in [0.1, 0.15) is 11.4 Å². The highest BCUT2D eigenvalue weighted by Crippen LogP contribution is 2.29. The second kappa shape index (κ2) is 5.86. The van der Waals surface area contributed by atoms with E-state index in [0.717, 1.165) is 18.1 Å². The van der Waals surface area contributed by atoms with E-state index in [1.165, 1.54) is 12.8 Å². The third-order valence-electron chi connectivity index (χ3n) is 3.78. The lowest BCUT2D eigenvalue weighted by molar-refractivity contribution is 0.0697. The molecule has 0 radical (unpaired) electrons. The minimum absolute atomic E-state index is 0.300. The van der Waals surface area contributed by atoms with E-state index in [1.54, 1.807) is 18.7 Å². The summed E-state index contributed by atoms with van der Waals surface area (Å²) in [5.74, 6) is -0.275. The highest BCUT2D eigenvalue weighted by molar-refractivity contribution is 7.99. The predicted molar refractivity (Wildman–Crippen MR) is 78.1 cm³/mol. The number of anilines is 1. The number of carboxylic acid groups (broad SMARTS) is 1. The minimum Gasteiger partial charge on any atom is -0.477 e. The summed E-state index contributed by atoms with van der Waals surface area (Å²) in [4.78, 5) is 11.3. The van der Waals surface area contributed by atoms with Crippen LogP contribution in [0.15, 0.2) is 0 Å². The zero-order valence-electron chi connectivity index (χ0n) is 11.6. The molecule has 1 fully saturated rings. The summed E-state index contributed by atoms with van der Waals surface area (Å²) in [6.45, 7) is 1.74. The molecule has 0 unspecified atom stereocenters.